The Kier molecular flexibility index (Phi) is 4.70. The maximum atomic E-state index is 12.8. The second kappa shape index (κ2) is 7.42. The van der Waals surface area contributed by atoms with Crippen LogP contribution in [0.1, 0.15) is 37.8 Å². The van der Waals surface area contributed by atoms with Crippen LogP contribution in [0.15, 0.2) is 47.4 Å². The number of carbonyl (C=O) groups is 1. The molecule has 1 aliphatic heterocycles. The summed E-state index contributed by atoms with van der Waals surface area (Å²) in [6.45, 7) is 6.06. The van der Waals surface area contributed by atoms with Gasteiger partial charge in [-0.2, -0.15) is 11.8 Å². The molecule has 8 nitrogen and oxygen atoms in total. The van der Waals surface area contributed by atoms with Crippen LogP contribution in [0, 0.1) is 0 Å². The summed E-state index contributed by atoms with van der Waals surface area (Å²) in [5.41, 5.74) is 2.65. The fraction of sp³-hybridized carbons (Fsp3) is 0.273. The van der Waals surface area contributed by atoms with E-state index in [1.54, 1.807) is 24.0 Å². The molecule has 1 aliphatic rings. The lowest BCUT2D eigenvalue weighted by Gasteiger charge is -2.12. The Bertz CT molecular complexity index is 1290. The molecule has 4 aromatic rings. The molecule has 0 spiro atoms. The first kappa shape index (κ1) is 19.6. The zero-order valence-corrected chi connectivity index (χ0v) is 18.2. The predicted octanol–water partition coefficient (Wildman–Crippen LogP) is 5.34. The van der Waals surface area contributed by atoms with Crippen molar-refractivity contribution in [1.29, 1.82) is 0 Å². The summed E-state index contributed by atoms with van der Waals surface area (Å²) in [7, 11) is 0. The molecule has 31 heavy (non-hydrogen) atoms. The topological polar surface area (TPSA) is 95.1 Å². The second-order valence-corrected chi connectivity index (χ2v) is 9.35. The minimum absolute atomic E-state index is 0.186. The Labute approximate surface area is 183 Å². The molecule has 158 valence electrons. The van der Waals surface area contributed by atoms with E-state index < -0.39 is 0 Å². The number of ether oxygens (including phenoxy) is 1. The molecule has 0 fully saturated rings. The highest BCUT2D eigenvalue weighted by atomic mass is 32.2. The molecule has 0 radical (unpaired) electrons. The van der Waals surface area contributed by atoms with Crippen molar-refractivity contribution in [3.63, 3.8) is 0 Å². The first-order valence-corrected chi connectivity index (χ1v) is 11.0. The molecule has 0 aliphatic carbocycles. The van der Waals surface area contributed by atoms with Crippen molar-refractivity contribution in [3.8, 4) is 11.6 Å². The summed E-state index contributed by atoms with van der Waals surface area (Å²) in [6, 6.07) is 8.87. The normalized spacial score (nSPS) is 13.4. The summed E-state index contributed by atoms with van der Waals surface area (Å²) in [6.07, 6.45) is 3.25. The average molecular weight is 436 g/mol. The van der Waals surface area contributed by atoms with E-state index in [9.17, 15) is 4.79 Å². The van der Waals surface area contributed by atoms with E-state index in [4.69, 9.17) is 9.26 Å². The molecule has 0 unspecified atom stereocenters. The molecule has 3 aromatic heterocycles. The predicted molar refractivity (Wildman–Crippen MR) is 119 cm³/mol. The van der Waals surface area contributed by atoms with E-state index in [2.05, 4.69) is 20.4 Å². The fourth-order valence-electron chi connectivity index (χ4n) is 3.37. The van der Waals surface area contributed by atoms with Gasteiger partial charge in [0.25, 0.3) is 0 Å². The van der Waals surface area contributed by atoms with Gasteiger partial charge in [0.1, 0.15) is 17.8 Å². The molecule has 1 aromatic carbocycles. The third-order valence-corrected chi connectivity index (χ3v) is 6.03. The van der Waals surface area contributed by atoms with Crippen LogP contribution in [0.25, 0.3) is 10.9 Å². The Morgan fingerprint density at radius 1 is 1.19 bits per heavy atom. The smallest absolute Gasteiger partial charge is 0.331 e. The lowest BCUT2D eigenvalue weighted by atomic mass is 9.93. The number of carbonyl (C=O) groups excluding carboxylic acids is 1. The van der Waals surface area contributed by atoms with Gasteiger partial charge < -0.3 is 9.26 Å². The molecular weight excluding hydrogens is 414 g/mol. The highest BCUT2D eigenvalue weighted by Crippen LogP contribution is 2.35. The van der Waals surface area contributed by atoms with Gasteiger partial charge in [0.05, 0.1) is 11.2 Å². The van der Waals surface area contributed by atoms with Gasteiger partial charge in [-0.05, 0) is 24.3 Å². The van der Waals surface area contributed by atoms with Crippen LogP contribution >= 0.6 is 11.8 Å². The Morgan fingerprint density at radius 2 is 2.06 bits per heavy atom. The maximum absolute atomic E-state index is 12.8. The average Bonchev–Trinajstić information content (AvgIpc) is 3.46. The highest BCUT2D eigenvalue weighted by molar-refractivity contribution is 7.98. The van der Waals surface area contributed by atoms with E-state index in [0.29, 0.717) is 23.2 Å². The highest BCUT2D eigenvalue weighted by Gasteiger charge is 2.21. The van der Waals surface area contributed by atoms with Crippen molar-refractivity contribution in [3.05, 3.63) is 59.9 Å². The van der Waals surface area contributed by atoms with Crippen molar-refractivity contribution in [2.75, 3.05) is 5.32 Å². The number of fused-ring (bicyclic) bond motifs is 2. The van der Waals surface area contributed by atoms with E-state index in [-0.39, 0.29) is 11.4 Å². The number of benzene rings is 1. The van der Waals surface area contributed by atoms with Crippen LogP contribution in [-0.2, 0) is 16.9 Å². The van der Waals surface area contributed by atoms with Gasteiger partial charge in [-0.1, -0.05) is 25.9 Å². The van der Waals surface area contributed by atoms with Gasteiger partial charge in [0.2, 0.25) is 5.88 Å². The number of hydrogen-bond donors (Lipinski definition) is 1. The third kappa shape index (κ3) is 3.76. The summed E-state index contributed by atoms with van der Waals surface area (Å²) in [5.74, 6) is 4.07. The van der Waals surface area contributed by atoms with Crippen molar-refractivity contribution in [1.82, 2.24) is 19.7 Å². The standard InChI is InChI=1S/C22H21N5O3S/c1-22(2,3)18-9-19(26-30-18)25-21(28)27-7-6-13-8-14(4-5-17(13)27)29-20-15-10-31-11-16(15)23-12-24-20/h4-9,12H,10-11H2,1-3H3,(H,25,26,28). The molecular formula is C22H21N5O3S. The molecule has 4 heterocycles. The summed E-state index contributed by atoms with van der Waals surface area (Å²) in [4.78, 5) is 21.4. The van der Waals surface area contributed by atoms with E-state index in [1.165, 1.54) is 10.9 Å². The first-order valence-electron chi connectivity index (χ1n) is 9.86. The van der Waals surface area contributed by atoms with Crippen LogP contribution in [0.3, 0.4) is 0 Å². The van der Waals surface area contributed by atoms with Crippen LogP contribution in [0.2, 0.25) is 0 Å². The van der Waals surface area contributed by atoms with Crippen LogP contribution < -0.4 is 10.1 Å². The van der Waals surface area contributed by atoms with Gasteiger partial charge in [-0.15, -0.1) is 0 Å². The summed E-state index contributed by atoms with van der Waals surface area (Å²) in [5, 5.41) is 7.61. The number of rotatable bonds is 3. The Hall–Kier alpha value is -3.33. The van der Waals surface area contributed by atoms with E-state index in [0.717, 1.165) is 33.7 Å². The summed E-state index contributed by atoms with van der Waals surface area (Å²) >= 11 is 1.80. The minimum atomic E-state index is -0.317. The van der Waals surface area contributed by atoms with Gasteiger partial charge in [0, 0.05) is 40.1 Å². The Balaban J connectivity index is 1.36. The fourth-order valence-corrected chi connectivity index (χ4v) is 4.41. The van der Waals surface area contributed by atoms with Crippen molar-refractivity contribution in [2.45, 2.75) is 37.7 Å². The van der Waals surface area contributed by atoms with Gasteiger partial charge in [-0.3, -0.25) is 9.88 Å². The van der Waals surface area contributed by atoms with Crippen LogP contribution in [-0.4, -0.2) is 25.7 Å². The first-order chi connectivity index (χ1) is 14.9. The van der Waals surface area contributed by atoms with Crippen LogP contribution in [0.4, 0.5) is 10.6 Å². The molecule has 9 heteroatoms. The van der Waals surface area contributed by atoms with Crippen molar-refractivity contribution in [2.24, 2.45) is 0 Å². The number of nitrogens with one attached hydrogen (secondary N) is 1. The lowest BCUT2D eigenvalue weighted by Crippen LogP contribution is -2.18. The SMILES string of the molecule is CC(C)(C)c1cc(NC(=O)n2ccc3cc(Oc4ncnc5c4CSC5)ccc32)no1. The van der Waals surface area contributed by atoms with Crippen LogP contribution in [0.5, 0.6) is 11.6 Å². The molecule has 0 atom stereocenters. The van der Waals surface area contributed by atoms with Gasteiger partial charge in [-0.25, -0.2) is 14.8 Å². The lowest BCUT2D eigenvalue weighted by molar-refractivity contribution is 0.254. The number of amides is 1. The minimum Gasteiger partial charge on any atom is -0.439 e. The monoisotopic (exact) mass is 435 g/mol. The number of anilines is 1. The molecule has 1 amide bonds. The van der Waals surface area contributed by atoms with E-state index >= 15 is 0 Å². The van der Waals surface area contributed by atoms with Crippen molar-refractivity contribution < 1.29 is 14.1 Å². The zero-order chi connectivity index (χ0) is 21.6. The van der Waals surface area contributed by atoms with Gasteiger partial charge in [0.15, 0.2) is 5.82 Å². The number of thioether (sulfide) groups is 1. The second-order valence-electron chi connectivity index (χ2n) is 8.36. The summed E-state index contributed by atoms with van der Waals surface area (Å²) < 4.78 is 12.9. The largest absolute Gasteiger partial charge is 0.439 e. The third-order valence-electron chi connectivity index (χ3n) is 5.06. The van der Waals surface area contributed by atoms with Gasteiger partial charge >= 0.3 is 6.03 Å². The number of hydrogen-bond acceptors (Lipinski definition) is 7. The zero-order valence-electron chi connectivity index (χ0n) is 17.4. The number of aromatic nitrogens is 4. The maximum Gasteiger partial charge on any atom is 0.331 e. The van der Waals surface area contributed by atoms with Crippen molar-refractivity contribution >= 4 is 34.5 Å². The molecule has 0 saturated heterocycles. The molecule has 0 bridgehead atoms. The molecule has 1 N–H and O–H groups in total. The van der Waals surface area contributed by atoms with E-state index in [1.807, 2.05) is 45.0 Å². The Morgan fingerprint density at radius 3 is 2.87 bits per heavy atom. The quantitative estimate of drug-likeness (QED) is 0.464. The number of nitrogens with zero attached hydrogens (tertiary/aromatic N) is 4. The molecule has 5 rings (SSSR count). The molecule has 0 saturated carbocycles.